The quantitative estimate of drug-likeness (QED) is 0.199. The Kier molecular flexibility index (Phi) is 13.6. The molecule has 2 rings (SSSR count). The van der Waals surface area contributed by atoms with Gasteiger partial charge in [0, 0.05) is 0 Å². The van der Waals surface area contributed by atoms with E-state index in [0.29, 0.717) is 5.41 Å². The summed E-state index contributed by atoms with van der Waals surface area (Å²) in [5.74, 6) is 0. The minimum atomic E-state index is -0.218. The lowest BCUT2D eigenvalue weighted by molar-refractivity contribution is 0.116. The number of aliphatic hydroxyl groups excluding tert-OH is 1. The van der Waals surface area contributed by atoms with E-state index in [1.165, 1.54) is 59.1 Å². The van der Waals surface area contributed by atoms with E-state index < -0.39 is 0 Å². The summed E-state index contributed by atoms with van der Waals surface area (Å²) in [5, 5.41) is 10.1. The van der Waals surface area contributed by atoms with Gasteiger partial charge in [0.15, 0.2) is 0 Å². The molecule has 0 saturated heterocycles. The Hall–Kier alpha value is -2.64. The van der Waals surface area contributed by atoms with Crippen molar-refractivity contribution in [2.45, 2.75) is 120 Å². The van der Waals surface area contributed by atoms with Gasteiger partial charge in [-0.25, -0.2) is 0 Å². The summed E-state index contributed by atoms with van der Waals surface area (Å²) >= 11 is 0. The van der Waals surface area contributed by atoms with Gasteiger partial charge in [0.1, 0.15) is 0 Å². The second kappa shape index (κ2) is 16.1. The first-order valence-corrected chi connectivity index (χ1v) is 15.7. The molecule has 2 aliphatic rings. The Morgan fingerprint density at radius 3 is 1.90 bits per heavy atom. The van der Waals surface area contributed by atoms with Crippen LogP contribution in [0.1, 0.15) is 114 Å². The van der Waals surface area contributed by atoms with E-state index in [1.807, 2.05) is 0 Å². The molecule has 0 aromatic carbocycles. The molecule has 0 fully saturated rings. The summed E-state index contributed by atoms with van der Waals surface area (Å²) < 4.78 is 0. The second-order valence-electron chi connectivity index (χ2n) is 13.8. The average Bonchev–Trinajstić information content (AvgIpc) is 2.84. The van der Waals surface area contributed by atoms with Crippen LogP contribution >= 0.6 is 0 Å². The smallest absolute Gasteiger partial charge is 0.0585 e. The first-order valence-electron chi connectivity index (χ1n) is 15.7. The third-order valence-electron chi connectivity index (χ3n) is 8.73. The van der Waals surface area contributed by atoms with Gasteiger partial charge < -0.3 is 5.11 Å². The van der Waals surface area contributed by atoms with Crippen LogP contribution in [0.25, 0.3) is 0 Å². The van der Waals surface area contributed by atoms with Crippen molar-refractivity contribution in [3.63, 3.8) is 0 Å². The molecule has 224 valence electrons. The zero-order valence-corrected chi connectivity index (χ0v) is 27.9. The third kappa shape index (κ3) is 12.0. The molecular formula is C40H58O. The van der Waals surface area contributed by atoms with Crippen molar-refractivity contribution in [1.82, 2.24) is 0 Å². The van der Waals surface area contributed by atoms with Gasteiger partial charge in [-0.15, -0.1) is 0 Å². The Bertz CT molecular complexity index is 1210. The van der Waals surface area contributed by atoms with Crippen molar-refractivity contribution in [1.29, 1.82) is 0 Å². The molecule has 1 unspecified atom stereocenters. The van der Waals surface area contributed by atoms with Gasteiger partial charge in [-0.2, -0.15) is 0 Å². The van der Waals surface area contributed by atoms with E-state index in [9.17, 15) is 5.11 Å². The number of aliphatic hydroxyl groups is 1. The summed E-state index contributed by atoms with van der Waals surface area (Å²) in [7, 11) is 0. The minimum absolute atomic E-state index is 0.0154. The van der Waals surface area contributed by atoms with Gasteiger partial charge in [-0.1, -0.05) is 140 Å². The standard InChI is InChI=1S/C40H58O/c1-30(18-13-20-32(3)23-25-37-34(5)22-15-27-39(37,7)8)16-11-12-17-31(2)19-14-21-33(4)24-26-38-35(6)28-36(41)29-40(38,9)10/h11-14,16-21,24,26,36,41H,15,22-23,25,27-29H2,1-10H3/b12-11+,18-13+,19-14+,26-24+,30-16+,31-17+,32-20-,33-21+. The minimum Gasteiger partial charge on any atom is -0.393 e. The predicted molar refractivity (Wildman–Crippen MR) is 183 cm³/mol. The van der Waals surface area contributed by atoms with E-state index in [0.717, 1.165) is 19.3 Å². The molecule has 1 nitrogen and oxygen atoms in total. The zero-order valence-electron chi connectivity index (χ0n) is 27.9. The van der Waals surface area contributed by atoms with Gasteiger partial charge in [0.2, 0.25) is 0 Å². The highest BCUT2D eigenvalue weighted by atomic mass is 16.3. The van der Waals surface area contributed by atoms with Gasteiger partial charge in [0.25, 0.3) is 0 Å². The van der Waals surface area contributed by atoms with Crippen molar-refractivity contribution < 1.29 is 5.11 Å². The Labute approximate surface area is 253 Å². The van der Waals surface area contributed by atoms with Crippen LogP contribution in [0, 0.1) is 10.8 Å². The molecule has 0 aromatic heterocycles. The van der Waals surface area contributed by atoms with Crippen LogP contribution in [0.4, 0.5) is 0 Å². The molecular weight excluding hydrogens is 496 g/mol. The van der Waals surface area contributed by atoms with Gasteiger partial charge in [-0.3, -0.25) is 0 Å². The maximum Gasteiger partial charge on any atom is 0.0585 e. The summed E-state index contributed by atoms with van der Waals surface area (Å²) in [5.41, 5.74) is 11.5. The lowest BCUT2D eigenvalue weighted by Crippen LogP contribution is -2.28. The van der Waals surface area contributed by atoms with Crippen LogP contribution < -0.4 is 0 Å². The molecule has 1 heteroatoms. The molecule has 0 aromatic rings. The van der Waals surface area contributed by atoms with Crippen LogP contribution in [-0.4, -0.2) is 11.2 Å². The molecule has 2 aliphatic carbocycles. The lowest BCUT2D eigenvalue weighted by atomic mass is 9.71. The fourth-order valence-corrected chi connectivity index (χ4v) is 6.32. The van der Waals surface area contributed by atoms with E-state index in [2.05, 4.69) is 142 Å². The van der Waals surface area contributed by atoms with Crippen molar-refractivity contribution >= 4 is 0 Å². The molecule has 0 heterocycles. The Balaban J connectivity index is 1.85. The number of hydrogen-bond donors (Lipinski definition) is 1. The third-order valence-corrected chi connectivity index (χ3v) is 8.73. The van der Waals surface area contributed by atoms with E-state index >= 15 is 0 Å². The van der Waals surface area contributed by atoms with Gasteiger partial charge in [0.05, 0.1) is 6.10 Å². The Morgan fingerprint density at radius 2 is 1.32 bits per heavy atom. The topological polar surface area (TPSA) is 20.2 Å². The summed E-state index contributed by atoms with van der Waals surface area (Å²) in [6, 6.07) is 0. The van der Waals surface area contributed by atoms with Crippen LogP contribution in [0.5, 0.6) is 0 Å². The molecule has 0 bridgehead atoms. The molecule has 1 N–H and O–H groups in total. The molecule has 0 spiro atoms. The summed E-state index contributed by atoms with van der Waals surface area (Å²) in [4.78, 5) is 0. The largest absolute Gasteiger partial charge is 0.393 e. The maximum atomic E-state index is 10.1. The number of allylic oxidation sites excluding steroid dienone is 19. The van der Waals surface area contributed by atoms with Crippen LogP contribution in [-0.2, 0) is 0 Å². The molecule has 41 heavy (non-hydrogen) atoms. The van der Waals surface area contributed by atoms with Crippen molar-refractivity contribution in [2.24, 2.45) is 10.8 Å². The first-order chi connectivity index (χ1) is 19.2. The van der Waals surface area contributed by atoms with Crippen LogP contribution in [0.2, 0.25) is 0 Å². The SMILES string of the molecule is CC1=C(/C=C/C(C)=C/C=C/C(C)=C/C=C/C=C(C)/C=C/C=C(/C)CCC2=C(C)CCCC2(C)C)C(C)(C)CC(O)C1. The highest BCUT2D eigenvalue weighted by Gasteiger charge is 2.31. The van der Waals surface area contributed by atoms with E-state index in [-0.39, 0.29) is 11.5 Å². The monoisotopic (exact) mass is 554 g/mol. The molecule has 0 saturated carbocycles. The van der Waals surface area contributed by atoms with E-state index in [1.54, 1.807) is 11.1 Å². The molecule has 0 radical (unpaired) electrons. The van der Waals surface area contributed by atoms with Crippen molar-refractivity contribution in [3.8, 4) is 0 Å². The van der Waals surface area contributed by atoms with Crippen molar-refractivity contribution in [2.75, 3.05) is 0 Å². The zero-order chi connectivity index (χ0) is 30.6. The normalized spacial score (nSPS) is 23.3. The molecule has 0 aliphatic heterocycles. The fourth-order valence-electron chi connectivity index (χ4n) is 6.32. The average molecular weight is 555 g/mol. The second-order valence-corrected chi connectivity index (χ2v) is 13.8. The number of hydrogen-bond acceptors (Lipinski definition) is 1. The van der Waals surface area contributed by atoms with Crippen molar-refractivity contribution in [3.05, 3.63) is 117 Å². The summed E-state index contributed by atoms with van der Waals surface area (Å²) in [6.45, 7) is 22.4. The van der Waals surface area contributed by atoms with Crippen LogP contribution in [0.15, 0.2) is 117 Å². The van der Waals surface area contributed by atoms with Crippen LogP contribution in [0.3, 0.4) is 0 Å². The lowest BCUT2D eigenvalue weighted by Gasteiger charge is -2.35. The maximum absolute atomic E-state index is 10.1. The highest BCUT2D eigenvalue weighted by molar-refractivity contribution is 5.38. The predicted octanol–water partition coefficient (Wildman–Crippen LogP) is 11.8. The molecule has 1 atom stereocenters. The molecule has 0 amide bonds. The summed E-state index contributed by atoms with van der Waals surface area (Å²) in [6.07, 6.45) is 33.7. The highest BCUT2D eigenvalue weighted by Crippen LogP contribution is 2.43. The van der Waals surface area contributed by atoms with Gasteiger partial charge in [-0.05, 0) is 103 Å². The van der Waals surface area contributed by atoms with E-state index in [4.69, 9.17) is 0 Å². The number of rotatable bonds is 11. The first kappa shape index (κ1) is 34.6. The Morgan fingerprint density at radius 1 is 0.756 bits per heavy atom. The van der Waals surface area contributed by atoms with Gasteiger partial charge >= 0.3 is 0 Å². The fraction of sp³-hybridized carbons (Fsp3) is 0.500.